The highest BCUT2D eigenvalue weighted by molar-refractivity contribution is 4.94. The van der Waals surface area contributed by atoms with Crippen molar-refractivity contribution in [1.29, 1.82) is 0 Å². The molecule has 1 fully saturated rings. The Bertz CT molecular complexity index is 246. The van der Waals surface area contributed by atoms with Crippen LogP contribution in [0.15, 0.2) is 0 Å². The molecule has 0 bridgehead atoms. The summed E-state index contributed by atoms with van der Waals surface area (Å²) in [4.78, 5) is 2.79. The Balaban J connectivity index is 2.72. The number of hydrogen-bond acceptors (Lipinski definition) is 2. The van der Waals surface area contributed by atoms with Crippen LogP contribution in [0, 0.1) is 5.92 Å². The molecule has 2 heteroatoms. The molecule has 0 heterocycles. The number of unbranched alkanes of at least 4 members (excludes halogenated alkanes) is 2. The van der Waals surface area contributed by atoms with Crippen LogP contribution in [0.1, 0.15) is 91.4 Å². The third-order valence-electron chi connectivity index (χ3n) is 5.58. The van der Waals surface area contributed by atoms with Crippen LogP contribution >= 0.6 is 0 Å². The van der Waals surface area contributed by atoms with E-state index in [2.05, 4.69) is 25.7 Å². The zero-order valence-corrected chi connectivity index (χ0v) is 15.0. The molecule has 0 aromatic carbocycles. The van der Waals surface area contributed by atoms with Crippen LogP contribution in [0.3, 0.4) is 0 Å². The Morgan fingerprint density at radius 1 is 0.952 bits per heavy atom. The van der Waals surface area contributed by atoms with Crippen molar-refractivity contribution in [3.63, 3.8) is 0 Å². The van der Waals surface area contributed by atoms with Gasteiger partial charge in [-0.25, -0.2) is 0 Å². The number of nitrogens with two attached hydrogens (primary N) is 1. The fraction of sp³-hybridized carbons (Fsp3) is 1.00. The molecule has 126 valence electrons. The zero-order valence-electron chi connectivity index (χ0n) is 15.0. The van der Waals surface area contributed by atoms with Gasteiger partial charge in [-0.1, -0.05) is 59.3 Å². The molecular weight excluding hydrogens is 256 g/mol. The van der Waals surface area contributed by atoms with Gasteiger partial charge >= 0.3 is 0 Å². The summed E-state index contributed by atoms with van der Waals surface area (Å²) in [5.74, 6) is 0.961. The molecule has 0 amide bonds. The first-order chi connectivity index (χ1) is 10.2. The van der Waals surface area contributed by atoms with Gasteiger partial charge in [-0.2, -0.15) is 0 Å². The highest BCUT2D eigenvalue weighted by Gasteiger charge is 2.36. The minimum Gasteiger partial charge on any atom is -0.329 e. The molecule has 0 aromatic rings. The van der Waals surface area contributed by atoms with Crippen molar-refractivity contribution in [2.45, 2.75) is 96.9 Å². The average Bonchev–Trinajstić information content (AvgIpc) is 2.71. The van der Waals surface area contributed by atoms with Crippen molar-refractivity contribution in [3.8, 4) is 0 Å². The minimum atomic E-state index is 0.312. The van der Waals surface area contributed by atoms with E-state index < -0.39 is 0 Å². The van der Waals surface area contributed by atoms with E-state index in [0.29, 0.717) is 5.54 Å². The van der Waals surface area contributed by atoms with Crippen LogP contribution in [0.25, 0.3) is 0 Å². The Morgan fingerprint density at radius 2 is 1.62 bits per heavy atom. The third-order valence-corrected chi connectivity index (χ3v) is 5.58. The summed E-state index contributed by atoms with van der Waals surface area (Å²) in [5.41, 5.74) is 6.64. The van der Waals surface area contributed by atoms with Gasteiger partial charge in [0.2, 0.25) is 0 Å². The molecule has 1 aliphatic carbocycles. The Kier molecular flexibility index (Phi) is 9.59. The van der Waals surface area contributed by atoms with E-state index >= 15 is 0 Å². The maximum absolute atomic E-state index is 6.33. The maximum atomic E-state index is 6.33. The summed E-state index contributed by atoms with van der Waals surface area (Å²) in [7, 11) is 0. The fourth-order valence-electron chi connectivity index (χ4n) is 4.09. The molecule has 0 saturated heterocycles. The Labute approximate surface area is 133 Å². The molecule has 1 saturated carbocycles. The van der Waals surface area contributed by atoms with E-state index in [1.165, 1.54) is 83.7 Å². The van der Waals surface area contributed by atoms with Gasteiger partial charge < -0.3 is 5.73 Å². The largest absolute Gasteiger partial charge is 0.329 e. The second-order valence-electron chi connectivity index (χ2n) is 7.21. The van der Waals surface area contributed by atoms with Crippen molar-refractivity contribution in [2.24, 2.45) is 11.7 Å². The van der Waals surface area contributed by atoms with E-state index in [1.54, 1.807) is 0 Å². The molecule has 2 unspecified atom stereocenters. The summed E-state index contributed by atoms with van der Waals surface area (Å²) >= 11 is 0. The van der Waals surface area contributed by atoms with Crippen molar-refractivity contribution in [3.05, 3.63) is 0 Å². The molecule has 0 aromatic heterocycles. The Hall–Kier alpha value is -0.0800. The first-order valence-corrected chi connectivity index (χ1v) is 9.67. The summed E-state index contributed by atoms with van der Waals surface area (Å²) < 4.78 is 0. The van der Waals surface area contributed by atoms with Gasteiger partial charge in [0.25, 0.3) is 0 Å². The molecule has 1 rings (SSSR count). The lowest BCUT2D eigenvalue weighted by atomic mass is 9.86. The van der Waals surface area contributed by atoms with E-state index in [-0.39, 0.29) is 0 Å². The first-order valence-electron chi connectivity index (χ1n) is 9.67. The highest BCUT2D eigenvalue weighted by Crippen LogP contribution is 2.36. The lowest BCUT2D eigenvalue weighted by Gasteiger charge is -2.43. The lowest BCUT2D eigenvalue weighted by Crippen LogP contribution is -2.54. The van der Waals surface area contributed by atoms with E-state index in [1.807, 2.05) is 0 Å². The molecule has 2 nitrogen and oxygen atoms in total. The second-order valence-corrected chi connectivity index (χ2v) is 7.21. The smallest absolute Gasteiger partial charge is 0.0331 e. The highest BCUT2D eigenvalue weighted by atomic mass is 15.2. The predicted octanol–water partition coefficient (Wildman–Crippen LogP) is 4.97. The first kappa shape index (κ1) is 19.0. The molecule has 0 spiro atoms. The summed E-state index contributed by atoms with van der Waals surface area (Å²) in [6.45, 7) is 10.3. The van der Waals surface area contributed by atoms with Gasteiger partial charge in [0, 0.05) is 12.1 Å². The second kappa shape index (κ2) is 10.6. The monoisotopic (exact) mass is 296 g/mol. The molecule has 0 aliphatic heterocycles. The van der Waals surface area contributed by atoms with Crippen LogP contribution in [0.4, 0.5) is 0 Å². The molecular formula is C19H40N2. The zero-order chi connectivity index (χ0) is 15.6. The van der Waals surface area contributed by atoms with Gasteiger partial charge in [-0.15, -0.1) is 0 Å². The van der Waals surface area contributed by atoms with Crippen LogP contribution in [0.2, 0.25) is 0 Å². The quantitative estimate of drug-likeness (QED) is 0.577. The summed E-state index contributed by atoms with van der Waals surface area (Å²) in [6.07, 6.45) is 14.9. The van der Waals surface area contributed by atoms with Crippen LogP contribution in [0.5, 0.6) is 0 Å². The minimum absolute atomic E-state index is 0.312. The normalized spacial score (nSPS) is 27.0. The van der Waals surface area contributed by atoms with Crippen molar-refractivity contribution < 1.29 is 0 Å². The van der Waals surface area contributed by atoms with E-state index in [4.69, 9.17) is 5.73 Å². The molecule has 2 atom stereocenters. The van der Waals surface area contributed by atoms with Gasteiger partial charge in [-0.05, 0) is 51.1 Å². The van der Waals surface area contributed by atoms with Gasteiger partial charge in [0.05, 0.1) is 0 Å². The number of hydrogen-bond donors (Lipinski definition) is 1. The molecule has 1 aliphatic rings. The van der Waals surface area contributed by atoms with Crippen LogP contribution < -0.4 is 5.73 Å². The lowest BCUT2D eigenvalue weighted by molar-refractivity contribution is 0.0733. The SMILES string of the molecule is CCCCN(CCCC)C1(CN)CCCC(CCC)CC1. The number of rotatable bonds is 10. The van der Waals surface area contributed by atoms with E-state index in [9.17, 15) is 0 Å². The van der Waals surface area contributed by atoms with Crippen LogP contribution in [-0.2, 0) is 0 Å². The standard InChI is InChI=1S/C19H40N2/c1-4-7-15-21(16-8-5-2)19(17-20)13-9-11-18(10-6-3)12-14-19/h18H,4-17,20H2,1-3H3. The van der Waals surface area contributed by atoms with Crippen molar-refractivity contribution >= 4 is 0 Å². The maximum Gasteiger partial charge on any atom is 0.0331 e. The van der Waals surface area contributed by atoms with Gasteiger partial charge in [0.15, 0.2) is 0 Å². The van der Waals surface area contributed by atoms with Gasteiger partial charge in [-0.3, -0.25) is 4.90 Å². The predicted molar refractivity (Wildman–Crippen MR) is 94.7 cm³/mol. The summed E-state index contributed by atoms with van der Waals surface area (Å²) in [5, 5.41) is 0. The molecule has 2 N–H and O–H groups in total. The van der Waals surface area contributed by atoms with Crippen LogP contribution in [-0.4, -0.2) is 30.1 Å². The van der Waals surface area contributed by atoms with Gasteiger partial charge in [0.1, 0.15) is 0 Å². The topological polar surface area (TPSA) is 29.3 Å². The average molecular weight is 297 g/mol. The third kappa shape index (κ3) is 5.90. The molecule has 0 radical (unpaired) electrons. The fourth-order valence-corrected chi connectivity index (χ4v) is 4.09. The molecule has 21 heavy (non-hydrogen) atoms. The van der Waals surface area contributed by atoms with Crippen molar-refractivity contribution in [2.75, 3.05) is 19.6 Å². The van der Waals surface area contributed by atoms with Crippen molar-refractivity contribution in [1.82, 2.24) is 4.90 Å². The summed E-state index contributed by atoms with van der Waals surface area (Å²) in [6, 6.07) is 0. The number of nitrogens with zero attached hydrogens (tertiary/aromatic N) is 1. The van der Waals surface area contributed by atoms with E-state index in [0.717, 1.165) is 12.5 Å². The Morgan fingerprint density at radius 3 is 2.14 bits per heavy atom.